The first kappa shape index (κ1) is 11.5. The van der Waals surface area contributed by atoms with Crippen molar-refractivity contribution in [3.8, 4) is 6.07 Å². The van der Waals surface area contributed by atoms with E-state index in [9.17, 15) is 5.26 Å². The van der Waals surface area contributed by atoms with Crippen LogP contribution in [0.3, 0.4) is 0 Å². The van der Waals surface area contributed by atoms with Gasteiger partial charge in [0.1, 0.15) is 5.54 Å². The quantitative estimate of drug-likeness (QED) is 0.676. The normalized spacial score (nSPS) is 23.9. The van der Waals surface area contributed by atoms with Crippen LogP contribution < -0.4 is 0 Å². The molecule has 1 aliphatic rings. The molecule has 2 heteroatoms. The standard InChI is InChI=1S/C12H22N2/c1-11(2)12(3,10-13)14-8-6-4-5-7-9-14/h11H,4-9H2,1-3H3. The maximum absolute atomic E-state index is 9.31. The van der Waals surface area contributed by atoms with Crippen molar-refractivity contribution in [1.29, 1.82) is 5.26 Å². The number of hydrogen-bond acceptors (Lipinski definition) is 2. The van der Waals surface area contributed by atoms with E-state index < -0.39 is 0 Å². The summed E-state index contributed by atoms with van der Waals surface area (Å²) in [4.78, 5) is 2.38. The van der Waals surface area contributed by atoms with Gasteiger partial charge in [0.05, 0.1) is 6.07 Å². The third-order valence-corrected chi connectivity index (χ3v) is 3.61. The first-order chi connectivity index (χ1) is 6.61. The van der Waals surface area contributed by atoms with E-state index in [1.807, 2.05) is 0 Å². The average Bonchev–Trinajstić information content (AvgIpc) is 2.44. The van der Waals surface area contributed by atoms with Crippen LogP contribution in [0, 0.1) is 17.2 Å². The molecule has 1 atom stereocenters. The summed E-state index contributed by atoms with van der Waals surface area (Å²) < 4.78 is 0. The van der Waals surface area contributed by atoms with Crippen molar-refractivity contribution in [1.82, 2.24) is 4.90 Å². The van der Waals surface area contributed by atoms with E-state index in [1.54, 1.807) is 0 Å². The molecule has 0 aromatic carbocycles. The van der Waals surface area contributed by atoms with Gasteiger partial charge >= 0.3 is 0 Å². The second kappa shape index (κ2) is 4.79. The number of nitrogens with zero attached hydrogens (tertiary/aromatic N) is 2. The van der Waals surface area contributed by atoms with Gasteiger partial charge < -0.3 is 0 Å². The second-order valence-corrected chi connectivity index (χ2v) is 4.82. The molecule has 0 aromatic heterocycles. The molecule has 0 N–H and O–H groups in total. The summed E-state index contributed by atoms with van der Waals surface area (Å²) in [5.41, 5.74) is -0.260. The van der Waals surface area contributed by atoms with Crippen molar-refractivity contribution < 1.29 is 0 Å². The highest BCUT2D eigenvalue weighted by Crippen LogP contribution is 2.26. The van der Waals surface area contributed by atoms with E-state index in [0.717, 1.165) is 13.1 Å². The molecule has 0 aliphatic carbocycles. The number of likely N-dealkylation sites (tertiary alicyclic amines) is 1. The maximum Gasteiger partial charge on any atom is 0.108 e. The summed E-state index contributed by atoms with van der Waals surface area (Å²) in [6, 6.07) is 2.50. The summed E-state index contributed by atoms with van der Waals surface area (Å²) >= 11 is 0. The van der Waals surface area contributed by atoms with Crippen LogP contribution in [0.4, 0.5) is 0 Å². The van der Waals surface area contributed by atoms with Crippen molar-refractivity contribution in [2.75, 3.05) is 13.1 Å². The minimum atomic E-state index is -0.260. The Morgan fingerprint density at radius 3 is 2.00 bits per heavy atom. The van der Waals surface area contributed by atoms with Crippen LogP contribution in [0.2, 0.25) is 0 Å². The van der Waals surface area contributed by atoms with E-state index in [4.69, 9.17) is 0 Å². The van der Waals surface area contributed by atoms with E-state index in [1.165, 1.54) is 25.7 Å². The van der Waals surface area contributed by atoms with Gasteiger partial charge in [0, 0.05) is 0 Å². The highest BCUT2D eigenvalue weighted by Gasteiger charge is 2.35. The highest BCUT2D eigenvalue weighted by molar-refractivity contribution is 5.07. The van der Waals surface area contributed by atoms with Gasteiger partial charge in [-0.25, -0.2) is 0 Å². The molecule has 1 rings (SSSR count). The lowest BCUT2D eigenvalue weighted by atomic mass is 9.88. The molecule has 1 unspecified atom stereocenters. The molecule has 80 valence electrons. The second-order valence-electron chi connectivity index (χ2n) is 4.82. The van der Waals surface area contributed by atoms with Crippen molar-refractivity contribution in [2.24, 2.45) is 5.92 Å². The zero-order chi connectivity index (χ0) is 10.6. The highest BCUT2D eigenvalue weighted by atomic mass is 15.2. The van der Waals surface area contributed by atoms with Crippen molar-refractivity contribution in [3.63, 3.8) is 0 Å². The molecule has 2 nitrogen and oxygen atoms in total. The predicted octanol–water partition coefficient (Wildman–Crippen LogP) is 2.80. The minimum Gasteiger partial charge on any atom is -0.286 e. The van der Waals surface area contributed by atoms with Gasteiger partial charge in [0.25, 0.3) is 0 Å². The molecule has 1 fully saturated rings. The summed E-state index contributed by atoms with van der Waals surface area (Å²) in [5, 5.41) is 9.31. The molecule has 0 aromatic rings. The van der Waals surface area contributed by atoms with Gasteiger partial charge in [-0.3, -0.25) is 4.90 Å². The van der Waals surface area contributed by atoms with Crippen molar-refractivity contribution in [2.45, 2.75) is 52.0 Å². The summed E-state index contributed by atoms with van der Waals surface area (Å²) in [7, 11) is 0. The lowest BCUT2D eigenvalue weighted by Crippen LogP contribution is -2.49. The smallest absolute Gasteiger partial charge is 0.108 e. The fourth-order valence-electron chi connectivity index (χ4n) is 2.10. The van der Waals surface area contributed by atoms with Gasteiger partial charge in [0.2, 0.25) is 0 Å². The SMILES string of the molecule is CC(C)C(C)(C#N)N1CCCCCC1. The Balaban J connectivity index is 2.72. The molecular formula is C12H22N2. The van der Waals surface area contributed by atoms with Crippen LogP contribution in [0.15, 0.2) is 0 Å². The molecule has 0 radical (unpaired) electrons. The fourth-order valence-corrected chi connectivity index (χ4v) is 2.10. The Hall–Kier alpha value is -0.550. The first-order valence-electron chi connectivity index (χ1n) is 5.77. The summed E-state index contributed by atoms with van der Waals surface area (Å²) in [6.45, 7) is 8.58. The molecular weight excluding hydrogens is 172 g/mol. The van der Waals surface area contributed by atoms with Gasteiger partial charge in [-0.1, -0.05) is 26.7 Å². The monoisotopic (exact) mass is 194 g/mol. The Morgan fingerprint density at radius 2 is 1.64 bits per heavy atom. The van der Waals surface area contributed by atoms with Crippen LogP contribution in [0.1, 0.15) is 46.5 Å². The number of nitriles is 1. The zero-order valence-corrected chi connectivity index (χ0v) is 9.71. The third-order valence-electron chi connectivity index (χ3n) is 3.61. The Morgan fingerprint density at radius 1 is 1.14 bits per heavy atom. The minimum absolute atomic E-state index is 0.260. The van der Waals surface area contributed by atoms with E-state index in [2.05, 4.69) is 31.7 Å². The zero-order valence-electron chi connectivity index (χ0n) is 9.71. The Labute approximate surface area is 87.9 Å². The van der Waals surface area contributed by atoms with E-state index in [-0.39, 0.29) is 5.54 Å². The van der Waals surface area contributed by atoms with Crippen LogP contribution in [0.5, 0.6) is 0 Å². The summed E-state index contributed by atoms with van der Waals surface area (Å²) in [5.74, 6) is 0.408. The fraction of sp³-hybridized carbons (Fsp3) is 0.917. The topological polar surface area (TPSA) is 27.0 Å². The third kappa shape index (κ3) is 2.27. The molecule has 1 aliphatic heterocycles. The van der Waals surface area contributed by atoms with Crippen LogP contribution in [0.25, 0.3) is 0 Å². The first-order valence-corrected chi connectivity index (χ1v) is 5.77. The van der Waals surface area contributed by atoms with Crippen LogP contribution in [-0.4, -0.2) is 23.5 Å². The van der Waals surface area contributed by atoms with Gasteiger partial charge in [0.15, 0.2) is 0 Å². The predicted molar refractivity (Wildman–Crippen MR) is 58.9 cm³/mol. The molecule has 0 amide bonds. The van der Waals surface area contributed by atoms with Gasteiger partial charge in [-0.05, 0) is 38.8 Å². The van der Waals surface area contributed by atoms with Crippen molar-refractivity contribution in [3.05, 3.63) is 0 Å². The molecule has 1 saturated heterocycles. The average molecular weight is 194 g/mol. The summed E-state index contributed by atoms with van der Waals surface area (Å²) in [6.07, 6.45) is 5.17. The van der Waals surface area contributed by atoms with Gasteiger partial charge in [-0.15, -0.1) is 0 Å². The number of rotatable bonds is 2. The molecule has 0 saturated carbocycles. The number of hydrogen-bond donors (Lipinski definition) is 0. The Bertz CT molecular complexity index is 209. The lowest BCUT2D eigenvalue weighted by molar-refractivity contribution is 0.114. The largest absolute Gasteiger partial charge is 0.286 e. The van der Waals surface area contributed by atoms with Crippen molar-refractivity contribution >= 4 is 0 Å². The van der Waals surface area contributed by atoms with Crippen LogP contribution >= 0.6 is 0 Å². The van der Waals surface area contributed by atoms with E-state index >= 15 is 0 Å². The van der Waals surface area contributed by atoms with Gasteiger partial charge in [-0.2, -0.15) is 5.26 Å². The van der Waals surface area contributed by atoms with Crippen LogP contribution in [-0.2, 0) is 0 Å². The molecule has 0 spiro atoms. The lowest BCUT2D eigenvalue weighted by Gasteiger charge is -2.38. The van der Waals surface area contributed by atoms with E-state index in [0.29, 0.717) is 5.92 Å². The molecule has 0 bridgehead atoms. The maximum atomic E-state index is 9.31. The molecule has 14 heavy (non-hydrogen) atoms. The molecule has 1 heterocycles. The Kier molecular flexibility index (Phi) is 3.95.